The van der Waals surface area contributed by atoms with Crippen LogP contribution in [0.3, 0.4) is 0 Å². The molecule has 0 aliphatic carbocycles. The van der Waals surface area contributed by atoms with E-state index in [9.17, 15) is 13.2 Å². The molecule has 1 aliphatic rings. The van der Waals surface area contributed by atoms with Gasteiger partial charge in [0.15, 0.2) is 5.13 Å². The number of hydrogen-bond donors (Lipinski definition) is 2. The van der Waals surface area contributed by atoms with Crippen molar-refractivity contribution in [3.63, 3.8) is 0 Å². The van der Waals surface area contributed by atoms with E-state index in [-0.39, 0.29) is 23.4 Å². The van der Waals surface area contributed by atoms with E-state index in [0.717, 1.165) is 29.6 Å². The third kappa shape index (κ3) is 4.75. The molecule has 1 saturated heterocycles. The van der Waals surface area contributed by atoms with Crippen LogP contribution in [0.5, 0.6) is 0 Å². The first-order valence-corrected chi connectivity index (χ1v) is 13.4. The SMILES string of the molecule is O=C(Cn1ccc2cccc(Cl)c21)N[C@H]1CCN(c2ccc(S(=O)(=O)Nc3nccs3)cc2)C1. The zero-order valence-corrected chi connectivity index (χ0v) is 20.4. The van der Waals surface area contributed by atoms with Gasteiger partial charge in [0.1, 0.15) is 6.54 Å². The molecule has 0 saturated carbocycles. The van der Waals surface area contributed by atoms with Crippen molar-refractivity contribution in [1.29, 1.82) is 0 Å². The fraction of sp³-hybridized carbons (Fsp3) is 0.217. The van der Waals surface area contributed by atoms with Gasteiger partial charge in [0, 0.05) is 48.0 Å². The van der Waals surface area contributed by atoms with Gasteiger partial charge in [-0.15, -0.1) is 11.3 Å². The predicted octanol–water partition coefficient (Wildman–Crippen LogP) is 3.95. The van der Waals surface area contributed by atoms with Crippen molar-refractivity contribution in [1.82, 2.24) is 14.9 Å². The summed E-state index contributed by atoms with van der Waals surface area (Å²) < 4.78 is 29.4. The summed E-state index contributed by atoms with van der Waals surface area (Å²) in [6, 6.07) is 14.4. The van der Waals surface area contributed by atoms with Gasteiger partial charge in [-0.1, -0.05) is 23.7 Å². The average molecular weight is 516 g/mol. The van der Waals surface area contributed by atoms with E-state index in [2.05, 4.69) is 19.9 Å². The lowest BCUT2D eigenvalue weighted by atomic mass is 10.2. The third-order valence-electron chi connectivity index (χ3n) is 5.77. The summed E-state index contributed by atoms with van der Waals surface area (Å²) in [5.74, 6) is -0.0704. The minimum absolute atomic E-state index is 0.0137. The molecule has 5 rings (SSSR count). The quantitative estimate of drug-likeness (QED) is 0.388. The maximum Gasteiger partial charge on any atom is 0.263 e. The Hall–Kier alpha value is -3.08. The van der Waals surface area contributed by atoms with Crippen molar-refractivity contribution in [2.24, 2.45) is 0 Å². The number of carbonyl (C=O) groups excluding carboxylic acids is 1. The number of para-hydroxylation sites is 1. The molecule has 0 unspecified atom stereocenters. The van der Waals surface area contributed by atoms with Gasteiger partial charge in [-0.25, -0.2) is 13.4 Å². The van der Waals surface area contributed by atoms with Crippen LogP contribution in [0.15, 0.2) is 71.2 Å². The molecule has 2 aromatic heterocycles. The number of fused-ring (bicyclic) bond motifs is 1. The highest BCUT2D eigenvalue weighted by Crippen LogP contribution is 2.26. The Balaban J connectivity index is 1.19. The van der Waals surface area contributed by atoms with Crippen LogP contribution in [0.2, 0.25) is 5.02 Å². The van der Waals surface area contributed by atoms with Crippen molar-refractivity contribution < 1.29 is 13.2 Å². The fourth-order valence-corrected chi connectivity index (χ4v) is 6.25. The van der Waals surface area contributed by atoms with E-state index < -0.39 is 10.0 Å². The van der Waals surface area contributed by atoms with Gasteiger partial charge in [0.25, 0.3) is 10.0 Å². The molecular formula is C23H22ClN5O3S2. The normalized spacial score (nSPS) is 16.1. The average Bonchev–Trinajstić information content (AvgIpc) is 3.56. The number of carbonyl (C=O) groups is 1. The lowest BCUT2D eigenvalue weighted by Crippen LogP contribution is -2.38. The molecule has 4 aromatic rings. The maximum absolute atomic E-state index is 12.7. The molecule has 3 heterocycles. The van der Waals surface area contributed by atoms with Gasteiger partial charge < -0.3 is 14.8 Å². The second kappa shape index (κ2) is 9.28. The number of amides is 1. The van der Waals surface area contributed by atoms with E-state index >= 15 is 0 Å². The smallest absolute Gasteiger partial charge is 0.263 e. The van der Waals surface area contributed by atoms with Gasteiger partial charge in [-0.2, -0.15) is 0 Å². The number of sulfonamides is 1. The Kier molecular flexibility index (Phi) is 6.20. The Bertz CT molecular complexity index is 1420. The largest absolute Gasteiger partial charge is 0.369 e. The van der Waals surface area contributed by atoms with E-state index in [4.69, 9.17) is 11.6 Å². The van der Waals surface area contributed by atoms with Crippen molar-refractivity contribution >= 4 is 60.6 Å². The van der Waals surface area contributed by atoms with Crippen LogP contribution in [0, 0.1) is 0 Å². The van der Waals surface area contributed by atoms with E-state index in [1.165, 1.54) is 11.3 Å². The molecule has 2 N–H and O–H groups in total. The molecule has 1 fully saturated rings. The molecule has 1 amide bonds. The Labute approximate surface area is 206 Å². The highest BCUT2D eigenvalue weighted by molar-refractivity contribution is 7.93. The minimum Gasteiger partial charge on any atom is -0.369 e. The van der Waals surface area contributed by atoms with Crippen molar-refractivity contribution in [2.75, 3.05) is 22.7 Å². The molecule has 11 heteroatoms. The third-order valence-corrected chi connectivity index (χ3v) is 8.25. The van der Waals surface area contributed by atoms with Crippen LogP contribution in [-0.4, -0.2) is 43.0 Å². The first-order chi connectivity index (χ1) is 16.4. The number of rotatable bonds is 7. The van der Waals surface area contributed by atoms with Crippen LogP contribution in [-0.2, 0) is 21.4 Å². The van der Waals surface area contributed by atoms with E-state index in [1.807, 2.05) is 35.0 Å². The number of anilines is 2. The molecule has 1 aliphatic heterocycles. The highest BCUT2D eigenvalue weighted by atomic mass is 35.5. The van der Waals surface area contributed by atoms with Crippen LogP contribution >= 0.6 is 22.9 Å². The first-order valence-electron chi connectivity index (χ1n) is 10.7. The van der Waals surface area contributed by atoms with E-state index in [1.54, 1.807) is 35.8 Å². The standard InChI is InChI=1S/C23H22ClN5O3S2/c24-20-3-1-2-16-8-11-29(22(16)20)15-21(30)26-17-9-12-28(14-17)18-4-6-19(7-5-18)34(31,32)27-23-25-10-13-33-23/h1-8,10-11,13,17H,9,12,14-15H2,(H,25,27)(H,26,30)/t17-/m0/s1. The van der Waals surface area contributed by atoms with Crippen molar-refractivity contribution in [2.45, 2.75) is 23.9 Å². The van der Waals surface area contributed by atoms with E-state index in [0.29, 0.717) is 16.7 Å². The Morgan fingerprint density at radius 1 is 1.18 bits per heavy atom. The number of thiazole rings is 1. The van der Waals surface area contributed by atoms with Gasteiger partial charge in [0.05, 0.1) is 15.4 Å². The lowest BCUT2D eigenvalue weighted by molar-refractivity contribution is -0.122. The summed E-state index contributed by atoms with van der Waals surface area (Å²) in [5.41, 5.74) is 1.76. The van der Waals surface area contributed by atoms with Crippen LogP contribution in [0.4, 0.5) is 10.8 Å². The van der Waals surface area contributed by atoms with Crippen molar-refractivity contribution in [3.05, 3.63) is 71.3 Å². The Morgan fingerprint density at radius 3 is 2.76 bits per heavy atom. The molecule has 2 aromatic carbocycles. The molecular weight excluding hydrogens is 494 g/mol. The zero-order valence-electron chi connectivity index (χ0n) is 18.0. The zero-order chi connectivity index (χ0) is 23.7. The molecule has 0 radical (unpaired) electrons. The number of nitrogens with zero attached hydrogens (tertiary/aromatic N) is 3. The number of benzene rings is 2. The van der Waals surface area contributed by atoms with Crippen LogP contribution in [0.25, 0.3) is 10.9 Å². The van der Waals surface area contributed by atoms with Gasteiger partial charge in [0.2, 0.25) is 5.91 Å². The second-order valence-electron chi connectivity index (χ2n) is 8.06. The topological polar surface area (TPSA) is 96.3 Å². The van der Waals surface area contributed by atoms with Gasteiger partial charge in [-0.3, -0.25) is 9.52 Å². The summed E-state index contributed by atoms with van der Waals surface area (Å²) in [6.45, 7) is 1.62. The summed E-state index contributed by atoms with van der Waals surface area (Å²) in [4.78, 5) is 18.9. The molecule has 34 heavy (non-hydrogen) atoms. The monoisotopic (exact) mass is 515 g/mol. The number of halogens is 1. The molecule has 1 atom stereocenters. The number of nitrogens with one attached hydrogen (secondary N) is 2. The summed E-state index contributed by atoms with van der Waals surface area (Å²) in [6.07, 6.45) is 4.23. The predicted molar refractivity (Wildman–Crippen MR) is 135 cm³/mol. The second-order valence-corrected chi connectivity index (χ2v) is 11.0. The fourth-order valence-electron chi connectivity index (χ4n) is 4.17. The molecule has 0 spiro atoms. The molecule has 176 valence electrons. The summed E-state index contributed by atoms with van der Waals surface area (Å²) in [7, 11) is -3.68. The summed E-state index contributed by atoms with van der Waals surface area (Å²) >= 11 is 7.54. The number of aromatic nitrogens is 2. The molecule has 8 nitrogen and oxygen atoms in total. The number of hydrogen-bond acceptors (Lipinski definition) is 6. The Morgan fingerprint density at radius 2 is 2.00 bits per heavy atom. The molecule has 0 bridgehead atoms. The van der Waals surface area contributed by atoms with Crippen LogP contribution < -0.4 is 14.9 Å². The maximum atomic E-state index is 12.7. The van der Waals surface area contributed by atoms with Gasteiger partial charge >= 0.3 is 0 Å². The summed E-state index contributed by atoms with van der Waals surface area (Å²) in [5, 5.41) is 6.76. The lowest BCUT2D eigenvalue weighted by Gasteiger charge is -2.19. The minimum atomic E-state index is -3.68. The first kappa shape index (κ1) is 22.7. The highest BCUT2D eigenvalue weighted by Gasteiger charge is 2.25. The van der Waals surface area contributed by atoms with Crippen LogP contribution in [0.1, 0.15) is 6.42 Å². The van der Waals surface area contributed by atoms with Gasteiger partial charge in [-0.05, 0) is 42.8 Å². The van der Waals surface area contributed by atoms with Crippen molar-refractivity contribution in [3.8, 4) is 0 Å².